The van der Waals surface area contributed by atoms with Crippen molar-refractivity contribution in [3.63, 3.8) is 0 Å². The van der Waals surface area contributed by atoms with Gasteiger partial charge in [-0.05, 0) is 54.8 Å². The van der Waals surface area contributed by atoms with Crippen LogP contribution in [0.15, 0.2) is 61.1 Å². The number of nitriles is 1. The van der Waals surface area contributed by atoms with Crippen LogP contribution in [0.4, 0.5) is 18.9 Å². The van der Waals surface area contributed by atoms with E-state index in [1.165, 1.54) is 16.8 Å². The van der Waals surface area contributed by atoms with Crippen LogP contribution in [0.1, 0.15) is 18.4 Å². The first-order valence-electron chi connectivity index (χ1n) is 10.9. The van der Waals surface area contributed by atoms with Crippen LogP contribution in [-0.4, -0.2) is 33.9 Å². The summed E-state index contributed by atoms with van der Waals surface area (Å²) in [7, 11) is 0. The third kappa shape index (κ3) is 4.26. The number of halogens is 3. The van der Waals surface area contributed by atoms with Crippen molar-refractivity contribution >= 4 is 22.5 Å². The van der Waals surface area contributed by atoms with Crippen molar-refractivity contribution < 1.29 is 22.7 Å². The molecule has 1 amide bonds. The first-order chi connectivity index (χ1) is 16.8. The molecule has 5 rings (SSSR count). The number of hydrogen-bond donors (Lipinski definition) is 2. The standard InChI is InChI=1S/C25H20F3N5O2/c26-25(27,28)18-2-4-19(5-3-18)33-14-17(12-31-33)16-1-6-21-20(11-16)22(13-30-21)32-23(34)24(15-29)7-9-35-10-8-24/h1-6,11-14,30H,7-10H2,(H,32,34). The molecule has 1 saturated heterocycles. The second-order valence-electron chi connectivity index (χ2n) is 8.44. The Balaban J connectivity index is 1.41. The summed E-state index contributed by atoms with van der Waals surface area (Å²) in [6, 6.07) is 12.6. The van der Waals surface area contributed by atoms with E-state index in [1.807, 2.05) is 18.2 Å². The van der Waals surface area contributed by atoms with E-state index in [9.17, 15) is 23.2 Å². The predicted molar refractivity (Wildman–Crippen MR) is 123 cm³/mol. The van der Waals surface area contributed by atoms with Crippen molar-refractivity contribution in [2.24, 2.45) is 5.41 Å². The number of H-pyrrole nitrogens is 1. The molecule has 1 fully saturated rings. The molecule has 0 saturated carbocycles. The number of alkyl halides is 3. The van der Waals surface area contributed by atoms with Crippen molar-refractivity contribution in [1.29, 1.82) is 5.26 Å². The Hall–Kier alpha value is -4.10. The highest BCUT2D eigenvalue weighted by atomic mass is 19.4. The van der Waals surface area contributed by atoms with Gasteiger partial charge >= 0.3 is 6.18 Å². The molecule has 3 heterocycles. The molecular weight excluding hydrogens is 459 g/mol. The van der Waals surface area contributed by atoms with Gasteiger partial charge in [-0.25, -0.2) is 4.68 Å². The smallest absolute Gasteiger partial charge is 0.381 e. The van der Waals surface area contributed by atoms with Crippen LogP contribution in [0.3, 0.4) is 0 Å². The Labute approximate surface area is 198 Å². The van der Waals surface area contributed by atoms with E-state index >= 15 is 0 Å². The first kappa shape index (κ1) is 22.7. The number of rotatable bonds is 4. The van der Waals surface area contributed by atoms with Crippen molar-refractivity contribution in [2.75, 3.05) is 18.5 Å². The normalized spacial score (nSPS) is 15.6. The lowest BCUT2D eigenvalue weighted by atomic mass is 9.81. The molecule has 0 bridgehead atoms. The number of carbonyl (C=O) groups is 1. The second-order valence-corrected chi connectivity index (χ2v) is 8.44. The van der Waals surface area contributed by atoms with E-state index < -0.39 is 17.2 Å². The van der Waals surface area contributed by atoms with E-state index in [2.05, 4.69) is 21.5 Å². The topological polar surface area (TPSA) is 95.7 Å². The minimum absolute atomic E-state index is 0.339. The van der Waals surface area contributed by atoms with Crippen LogP contribution in [0, 0.1) is 16.7 Å². The Morgan fingerprint density at radius 2 is 1.89 bits per heavy atom. The van der Waals surface area contributed by atoms with Crippen molar-refractivity contribution in [3.8, 4) is 22.9 Å². The van der Waals surface area contributed by atoms with Gasteiger partial charge in [0.25, 0.3) is 0 Å². The molecule has 35 heavy (non-hydrogen) atoms. The molecule has 0 aliphatic carbocycles. The predicted octanol–water partition coefficient (Wildman–Crippen LogP) is 5.30. The van der Waals surface area contributed by atoms with Gasteiger partial charge in [-0.3, -0.25) is 4.79 Å². The van der Waals surface area contributed by atoms with Gasteiger partial charge < -0.3 is 15.0 Å². The molecule has 0 radical (unpaired) electrons. The summed E-state index contributed by atoms with van der Waals surface area (Å²) in [5, 5.41) is 17.6. The van der Waals surface area contributed by atoms with Crippen LogP contribution in [0.2, 0.25) is 0 Å². The summed E-state index contributed by atoms with van der Waals surface area (Å²) in [5.74, 6) is -0.357. The number of ether oxygens (including phenoxy) is 1. The Bertz CT molecular complexity index is 1420. The lowest BCUT2D eigenvalue weighted by Crippen LogP contribution is -2.39. The fraction of sp³-hybridized carbons (Fsp3) is 0.240. The van der Waals surface area contributed by atoms with Gasteiger partial charge in [-0.15, -0.1) is 0 Å². The average molecular weight is 479 g/mol. The van der Waals surface area contributed by atoms with Crippen LogP contribution >= 0.6 is 0 Å². The van der Waals surface area contributed by atoms with Gasteiger partial charge in [0.1, 0.15) is 5.41 Å². The third-order valence-electron chi connectivity index (χ3n) is 6.30. The van der Waals surface area contributed by atoms with E-state index in [0.29, 0.717) is 37.4 Å². The van der Waals surface area contributed by atoms with Gasteiger partial charge in [0.15, 0.2) is 0 Å². The molecule has 2 N–H and O–H groups in total. The molecule has 1 aliphatic rings. The zero-order valence-corrected chi connectivity index (χ0v) is 18.4. The molecule has 10 heteroatoms. The van der Waals surface area contributed by atoms with E-state index in [4.69, 9.17) is 4.74 Å². The minimum atomic E-state index is -4.40. The van der Waals surface area contributed by atoms with E-state index in [0.717, 1.165) is 34.2 Å². The molecule has 0 atom stereocenters. The van der Waals surface area contributed by atoms with E-state index in [-0.39, 0.29) is 5.91 Å². The van der Waals surface area contributed by atoms with Crippen molar-refractivity contribution in [1.82, 2.24) is 14.8 Å². The lowest BCUT2D eigenvalue weighted by Gasteiger charge is -2.29. The maximum atomic E-state index is 13.0. The van der Waals surface area contributed by atoms with Gasteiger partial charge in [-0.1, -0.05) is 6.07 Å². The highest BCUT2D eigenvalue weighted by molar-refractivity contribution is 6.05. The van der Waals surface area contributed by atoms with Crippen LogP contribution in [0.25, 0.3) is 27.7 Å². The zero-order chi connectivity index (χ0) is 24.6. The molecule has 178 valence electrons. The number of fused-ring (bicyclic) bond motifs is 1. The fourth-order valence-electron chi connectivity index (χ4n) is 4.17. The largest absolute Gasteiger partial charge is 0.416 e. The monoisotopic (exact) mass is 479 g/mol. The third-order valence-corrected chi connectivity index (χ3v) is 6.30. The summed E-state index contributed by atoms with van der Waals surface area (Å²) in [4.78, 5) is 16.1. The number of carbonyl (C=O) groups excluding carboxylic acids is 1. The highest BCUT2D eigenvalue weighted by Gasteiger charge is 2.40. The molecule has 0 spiro atoms. The molecular formula is C25H20F3N5O2. The average Bonchev–Trinajstić information content (AvgIpc) is 3.51. The minimum Gasteiger partial charge on any atom is -0.381 e. The van der Waals surface area contributed by atoms with Crippen LogP contribution < -0.4 is 5.32 Å². The SMILES string of the molecule is N#CC1(C(=O)Nc2c[nH]c3ccc(-c4cnn(-c5ccc(C(F)(F)F)cc5)c4)cc23)CCOCC1. The number of aromatic amines is 1. The number of benzene rings is 2. The highest BCUT2D eigenvalue weighted by Crippen LogP contribution is 2.34. The first-order valence-corrected chi connectivity index (χ1v) is 10.9. The van der Waals surface area contributed by atoms with Crippen molar-refractivity contribution in [3.05, 3.63) is 66.6 Å². The summed E-state index contributed by atoms with van der Waals surface area (Å²) in [5.41, 5.74) is 1.58. The number of nitrogens with zero attached hydrogens (tertiary/aromatic N) is 3. The zero-order valence-electron chi connectivity index (χ0n) is 18.4. The molecule has 1 aliphatic heterocycles. The molecule has 2 aromatic carbocycles. The summed E-state index contributed by atoms with van der Waals surface area (Å²) < 4.78 is 45.3. The Morgan fingerprint density at radius 3 is 2.57 bits per heavy atom. The summed E-state index contributed by atoms with van der Waals surface area (Å²) in [6.07, 6.45) is 1.31. The van der Waals surface area contributed by atoms with Crippen LogP contribution in [0.5, 0.6) is 0 Å². The molecule has 4 aromatic rings. The molecule has 7 nitrogen and oxygen atoms in total. The quantitative estimate of drug-likeness (QED) is 0.415. The summed E-state index contributed by atoms with van der Waals surface area (Å²) in [6.45, 7) is 0.726. The lowest BCUT2D eigenvalue weighted by molar-refractivity contribution is -0.137. The van der Waals surface area contributed by atoms with Crippen molar-refractivity contribution in [2.45, 2.75) is 19.0 Å². The number of aromatic nitrogens is 3. The number of nitrogens with one attached hydrogen (secondary N) is 2. The second kappa shape index (κ2) is 8.60. The Morgan fingerprint density at radius 1 is 1.14 bits per heavy atom. The van der Waals surface area contributed by atoms with Gasteiger partial charge in [0.2, 0.25) is 5.91 Å². The summed E-state index contributed by atoms with van der Waals surface area (Å²) >= 11 is 0. The molecule has 0 unspecified atom stereocenters. The maximum absolute atomic E-state index is 13.0. The number of anilines is 1. The van der Waals surface area contributed by atoms with Gasteiger partial charge in [0.05, 0.1) is 29.2 Å². The fourth-order valence-corrected chi connectivity index (χ4v) is 4.17. The van der Waals surface area contributed by atoms with Gasteiger partial charge in [0, 0.05) is 42.1 Å². The molecule has 2 aromatic heterocycles. The van der Waals surface area contributed by atoms with E-state index in [1.54, 1.807) is 18.6 Å². The van der Waals surface area contributed by atoms with Gasteiger partial charge in [-0.2, -0.15) is 23.5 Å². The number of hydrogen-bond acceptors (Lipinski definition) is 4. The van der Waals surface area contributed by atoms with Crippen LogP contribution in [-0.2, 0) is 15.7 Å². The Kier molecular flexibility index (Phi) is 5.57. The maximum Gasteiger partial charge on any atom is 0.416 e. The number of amides is 1.